The molecule has 0 saturated heterocycles. The number of hydrogen-bond acceptors (Lipinski definition) is 2. The Balaban J connectivity index is 2.31. The second-order valence-electron chi connectivity index (χ2n) is 4.74. The van der Waals surface area contributed by atoms with Crippen LogP contribution in [-0.4, -0.2) is 16.2 Å². The molecule has 0 saturated carbocycles. The smallest absolute Gasteiger partial charge is 0.371 e. The van der Waals surface area contributed by atoms with Crippen molar-refractivity contribution in [3.05, 3.63) is 76.3 Å². The van der Waals surface area contributed by atoms with Crippen LogP contribution in [0.2, 0.25) is 5.02 Å². The van der Waals surface area contributed by atoms with Crippen molar-refractivity contribution in [2.24, 2.45) is 0 Å². The Morgan fingerprint density at radius 1 is 1.05 bits per heavy atom. The maximum Gasteiger partial charge on any atom is 0.371 e. The molecular formula is C17H14ClFO3. The number of rotatable bonds is 5. The molecule has 0 bridgehead atoms. The van der Waals surface area contributed by atoms with E-state index >= 15 is 0 Å². The van der Waals surface area contributed by atoms with Crippen molar-refractivity contribution in [1.29, 1.82) is 0 Å². The molecule has 0 unspecified atom stereocenters. The number of aryl methyl sites for hydroxylation is 1. The molecule has 22 heavy (non-hydrogen) atoms. The first kappa shape index (κ1) is 16.0. The number of aliphatic hydroxyl groups excluding tert-OH is 1. The van der Waals surface area contributed by atoms with Crippen LogP contribution in [0.15, 0.2) is 54.3 Å². The minimum absolute atomic E-state index is 0.0700. The predicted octanol–water partition coefficient (Wildman–Crippen LogP) is 4.47. The molecular weight excluding hydrogens is 307 g/mol. The first-order chi connectivity index (χ1) is 10.5. The summed E-state index contributed by atoms with van der Waals surface area (Å²) in [6.45, 7) is 0. The molecule has 0 atom stereocenters. The molecule has 0 aromatic heterocycles. The summed E-state index contributed by atoms with van der Waals surface area (Å²) in [5.74, 6) is -2.88. The number of carboxylic acid groups (broad SMARTS) is 1. The lowest BCUT2D eigenvalue weighted by Gasteiger charge is -2.10. The van der Waals surface area contributed by atoms with Crippen LogP contribution in [-0.2, 0) is 11.2 Å². The van der Waals surface area contributed by atoms with Gasteiger partial charge in [0.05, 0.1) is 0 Å². The summed E-state index contributed by atoms with van der Waals surface area (Å²) in [5.41, 5.74) is 1.08. The second kappa shape index (κ2) is 7.09. The lowest BCUT2D eigenvalue weighted by atomic mass is 9.96. The summed E-state index contributed by atoms with van der Waals surface area (Å²) in [6, 6.07) is 12.8. The van der Waals surface area contributed by atoms with E-state index < -0.39 is 17.5 Å². The zero-order valence-corrected chi connectivity index (χ0v) is 12.3. The summed E-state index contributed by atoms with van der Waals surface area (Å²) in [7, 11) is 0. The fraction of sp³-hybridized carbons (Fsp3) is 0.118. The van der Waals surface area contributed by atoms with Gasteiger partial charge in [-0.1, -0.05) is 41.9 Å². The number of allylic oxidation sites excluding steroid dienone is 1. The first-order valence-electron chi connectivity index (χ1n) is 6.64. The average Bonchev–Trinajstić information content (AvgIpc) is 2.50. The number of aliphatic carboxylic acids is 1. The van der Waals surface area contributed by atoms with Crippen LogP contribution in [0.4, 0.5) is 4.39 Å². The zero-order chi connectivity index (χ0) is 16.1. The van der Waals surface area contributed by atoms with Crippen molar-refractivity contribution in [2.45, 2.75) is 12.8 Å². The predicted molar refractivity (Wildman–Crippen MR) is 83.4 cm³/mol. The normalized spacial score (nSPS) is 11.9. The Labute approximate surface area is 132 Å². The number of benzene rings is 2. The van der Waals surface area contributed by atoms with Crippen molar-refractivity contribution in [3.8, 4) is 0 Å². The van der Waals surface area contributed by atoms with E-state index in [9.17, 15) is 14.3 Å². The van der Waals surface area contributed by atoms with Crippen LogP contribution in [0.1, 0.15) is 17.5 Å². The molecule has 0 aliphatic heterocycles. The molecule has 2 aromatic rings. The van der Waals surface area contributed by atoms with Gasteiger partial charge in [0, 0.05) is 16.2 Å². The zero-order valence-electron chi connectivity index (χ0n) is 11.6. The van der Waals surface area contributed by atoms with Crippen LogP contribution in [0.3, 0.4) is 0 Å². The van der Waals surface area contributed by atoms with Crippen molar-refractivity contribution < 1.29 is 19.4 Å². The second-order valence-corrected chi connectivity index (χ2v) is 5.18. The van der Waals surface area contributed by atoms with Gasteiger partial charge in [-0.3, -0.25) is 0 Å². The molecule has 5 heteroatoms. The minimum atomic E-state index is -1.48. The van der Waals surface area contributed by atoms with Gasteiger partial charge in [0.15, 0.2) is 0 Å². The van der Waals surface area contributed by atoms with E-state index in [4.69, 9.17) is 16.7 Å². The Kier molecular flexibility index (Phi) is 5.17. The van der Waals surface area contributed by atoms with Gasteiger partial charge in [-0.2, -0.15) is 0 Å². The van der Waals surface area contributed by atoms with E-state index in [1.54, 1.807) is 30.3 Å². The van der Waals surface area contributed by atoms with Crippen molar-refractivity contribution >= 4 is 23.1 Å². The Morgan fingerprint density at radius 2 is 1.68 bits per heavy atom. The Bertz CT molecular complexity index is 708. The molecule has 114 valence electrons. The highest BCUT2D eigenvalue weighted by Crippen LogP contribution is 2.26. The third kappa shape index (κ3) is 3.86. The van der Waals surface area contributed by atoms with Gasteiger partial charge < -0.3 is 10.2 Å². The van der Waals surface area contributed by atoms with Crippen molar-refractivity contribution in [3.63, 3.8) is 0 Å². The van der Waals surface area contributed by atoms with Crippen LogP contribution >= 0.6 is 11.6 Å². The molecule has 0 aliphatic rings. The van der Waals surface area contributed by atoms with E-state index in [1.165, 1.54) is 18.2 Å². The van der Waals surface area contributed by atoms with Gasteiger partial charge >= 0.3 is 5.97 Å². The van der Waals surface area contributed by atoms with Crippen molar-refractivity contribution in [1.82, 2.24) is 0 Å². The van der Waals surface area contributed by atoms with Crippen LogP contribution in [0, 0.1) is 5.82 Å². The van der Waals surface area contributed by atoms with E-state index in [0.717, 1.165) is 5.56 Å². The standard InChI is InChI=1S/C17H14ClFO3/c18-12-8-5-11(6-9-12)7-10-14(16(20)17(21)22)13-3-1-2-4-15(13)19/h1-6,8-9,20H,7,10H2,(H,21,22)/b16-14-. The maximum absolute atomic E-state index is 13.9. The molecule has 0 heterocycles. The van der Waals surface area contributed by atoms with E-state index in [2.05, 4.69) is 0 Å². The monoisotopic (exact) mass is 320 g/mol. The topological polar surface area (TPSA) is 57.5 Å². The van der Waals surface area contributed by atoms with Gasteiger partial charge in [-0.05, 0) is 36.6 Å². The fourth-order valence-corrected chi connectivity index (χ4v) is 2.26. The average molecular weight is 321 g/mol. The van der Waals surface area contributed by atoms with E-state index in [1.807, 2.05) is 0 Å². The minimum Gasteiger partial charge on any atom is -0.502 e. The largest absolute Gasteiger partial charge is 0.502 e. The summed E-state index contributed by atoms with van der Waals surface area (Å²) < 4.78 is 13.9. The Hall–Kier alpha value is -2.33. The summed E-state index contributed by atoms with van der Waals surface area (Å²) in [6.07, 6.45) is 0.652. The quantitative estimate of drug-likeness (QED) is 0.631. The van der Waals surface area contributed by atoms with Gasteiger partial charge in [-0.15, -0.1) is 0 Å². The van der Waals surface area contributed by atoms with Gasteiger partial charge in [0.25, 0.3) is 0 Å². The highest BCUT2D eigenvalue weighted by atomic mass is 35.5. The Morgan fingerprint density at radius 3 is 2.27 bits per heavy atom. The SMILES string of the molecule is O=C(O)/C(O)=C(\CCc1ccc(Cl)cc1)c1ccccc1F. The molecule has 2 aromatic carbocycles. The maximum atomic E-state index is 13.9. The number of aliphatic hydroxyl groups is 1. The first-order valence-corrected chi connectivity index (χ1v) is 7.01. The molecule has 2 N–H and O–H groups in total. The molecule has 2 rings (SSSR count). The number of hydrogen-bond donors (Lipinski definition) is 2. The summed E-state index contributed by atoms with van der Waals surface area (Å²) in [5, 5.41) is 19.4. The van der Waals surface area contributed by atoms with Gasteiger partial charge in [0.2, 0.25) is 5.76 Å². The molecule has 0 spiro atoms. The fourth-order valence-electron chi connectivity index (χ4n) is 2.14. The molecule has 0 fully saturated rings. The highest BCUT2D eigenvalue weighted by molar-refractivity contribution is 6.30. The van der Waals surface area contributed by atoms with Crippen LogP contribution in [0.25, 0.3) is 5.57 Å². The molecule has 0 radical (unpaired) electrons. The van der Waals surface area contributed by atoms with Crippen LogP contribution < -0.4 is 0 Å². The lowest BCUT2D eigenvalue weighted by Crippen LogP contribution is -2.05. The van der Waals surface area contributed by atoms with Crippen LogP contribution in [0.5, 0.6) is 0 Å². The number of carbonyl (C=O) groups is 1. The van der Waals surface area contributed by atoms with Gasteiger partial charge in [-0.25, -0.2) is 9.18 Å². The molecule has 0 aliphatic carbocycles. The summed E-state index contributed by atoms with van der Waals surface area (Å²) >= 11 is 5.81. The third-order valence-electron chi connectivity index (χ3n) is 3.26. The lowest BCUT2D eigenvalue weighted by molar-refractivity contribution is -0.135. The number of carboxylic acids is 1. The van der Waals surface area contributed by atoms with E-state index in [0.29, 0.717) is 11.4 Å². The van der Waals surface area contributed by atoms with Crippen molar-refractivity contribution in [2.75, 3.05) is 0 Å². The summed E-state index contributed by atoms with van der Waals surface area (Å²) in [4.78, 5) is 11.0. The third-order valence-corrected chi connectivity index (χ3v) is 3.52. The number of halogens is 2. The van der Waals surface area contributed by atoms with Gasteiger partial charge in [0.1, 0.15) is 5.82 Å². The molecule has 0 amide bonds. The highest BCUT2D eigenvalue weighted by Gasteiger charge is 2.17. The van der Waals surface area contributed by atoms with E-state index in [-0.39, 0.29) is 17.6 Å². The molecule has 3 nitrogen and oxygen atoms in total.